The van der Waals surface area contributed by atoms with Crippen molar-refractivity contribution in [2.75, 3.05) is 11.9 Å². The van der Waals surface area contributed by atoms with Gasteiger partial charge in [0.1, 0.15) is 11.9 Å². The number of para-hydroxylation sites is 2. The van der Waals surface area contributed by atoms with Gasteiger partial charge in [0.15, 0.2) is 5.65 Å². The number of pyridine rings is 1. The first-order valence-corrected chi connectivity index (χ1v) is 9.85. The molecule has 1 N–H and O–H groups in total. The van der Waals surface area contributed by atoms with Crippen LogP contribution in [0.1, 0.15) is 35.6 Å². The van der Waals surface area contributed by atoms with E-state index in [9.17, 15) is 5.26 Å². The van der Waals surface area contributed by atoms with Gasteiger partial charge in [0.2, 0.25) is 0 Å². The standard InChI is InChI=1S/C24H24N4/c1-3-9-19-17(2)20(16-25)24-27-21-12-7-8-13-22(21)28(24)23(19)26-15-14-18-10-5-4-6-11-18/h4-8,10-13,26H,3,9,14-15H2,1-2H3. The van der Waals surface area contributed by atoms with E-state index in [0.717, 1.165) is 53.9 Å². The Morgan fingerprint density at radius 2 is 1.79 bits per heavy atom. The molecule has 0 atom stereocenters. The third-order valence-corrected chi connectivity index (χ3v) is 5.28. The van der Waals surface area contributed by atoms with E-state index in [0.29, 0.717) is 5.56 Å². The Hall–Kier alpha value is -3.32. The van der Waals surface area contributed by atoms with Crippen LogP contribution < -0.4 is 5.32 Å². The van der Waals surface area contributed by atoms with Crippen LogP contribution in [0.3, 0.4) is 0 Å². The predicted molar refractivity (Wildman–Crippen MR) is 115 cm³/mol. The first kappa shape index (κ1) is 18.1. The highest BCUT2D eigenvalue weighted by molar-refractivity contribution is 5.86. The monoisotopic (exact) mass is 368 g/mol. The number of hydrogen-bond acceptors (Lipinski definition) is 3. The quantitative estimate of drug-likeness (QED) is 0.504. The molecule has 2 aromatic carbocycles. The average molecular weight is 368 g/mol. The van der Waals surface area contributed by atoms with E-state index in [1.54, 1.807) is 0 Å². The van der Waals surface area contributed by atoms with Gasteiger partial charge in [-0.3, -0.25) is 4.40 Å². The first-order valence-electron chi connectivity index (χ1n) is 9.85. The number of hydrogen-bond donors (Lipinski definition) is 1. The molecule has 4 nitrogen and oxygen atoms in total. The van der Waals surface area contributed by atoms with E-state index in [1.807, 2.05) is 31.2 Å². The minimum atomic E-state index is 0.674. The number of nitrogens with one attached hydrogen (secondary N) is 1. The summed E-state index contributed by atoms with van der Waals surface area (Å²) in [5.41, 5.74) is 6.92. The largest absolute Gasteiger partial charge is 0.371 e. The molecule has 4 rings (SSSR count). The predicted octanol–water partition coefficient (Wildman–Crippen LogP) is 5.27. The molecular weight excluding hydrogens is 344 g/mol. The highest BCUT2D eigenvalue weighted by Crippen LogP contribution is 2.31. The Bertz CT molecular complexity index is 1170. The molecule has 28 heavy (non-hydrogen) atoms. The fraction of sp³-hybridized carbons (Fsp3) is 0.250. The normalized spacial score (nSPS) is 11.0. The summed E-state index contributed by atoms with van der Waals surface area (Å²) in [5, 5.41) is 13.5. The van der Waals surface area contributed by atoms with Crippen molar-refractivity contribution in [3.8, 4) is 6.07 Å². The molecule has 0 saturated carbocycles. The number of nitriles is 1. The second kappa shape index (κ2) is 7.74. The molecule has 0 spiro atoms. The molecule has 0 aliphatic heterocycles. The number of imidazole rings is 1. The lowest BCUT2D eigenvalue weighted by atomic mass is 10.0. The smallest absolute Gasteiger partial charge is 0.157 e. The third-order valence-electron chi connectivity index (χ3n) is 5.28. The topological polar surface area (TPSA) is 53.1 Å². The van der Waals surface area contributed by atoms with E-state index in [1.165, 1.54) is 11.1 Å². The first-order chi connectivity index (χ1) is 13.7. The zero-order valence-corrected chi connectivity index (χ0v) is 16.4. The van der Waals surface area contributed by atoms with Crippen molar-refractivity contribution in [3.05, 3.63) is 76.9 Å². The molecule has 0 saturated heterocycles. The Morgan fingerprint density at radius 3 is 2.54 bits per heavy atom. The maximum atomic E-state index is 9.83. The maximum absolute atomic E-state index is 9.83. The van der Waals surface area contributed by atoms with Crippen LogP contribution in [0.5, 0.6) is 0 Å². The summed E-state index contributed by atoms with van der Waals surface area (Å²) in [6.45, 7) is 5.05. The van der Waals surface area contributed by atoms with Gasteiger partial charge in [0, 0.05) is 6.54 Å². The van der Waals surface area contributed by atoms with Gasteiger partial charge in [-0.05, 0) is 48.6 Å². The van der Waals surface area contributed by atoms with E-state index >= 15 is 0 Å². The van der Waals surface area contributed by atoms with Crippen molar-refractivity contribution in [1.29, 1.82) is 5.26 Å². The molecule has 140 valence electrons. The molecule has 0 aliphatic rings. The summed E-state index contributed by atoms with van der Waals surface area (Å²) in [4.78, 5) is 4.78. The minimum absolute atomic E-state index is 0.674. The SMILES string of the molecule is CCCc1c(C)c(C#N)c2nc3ccccc3n2c1NCCc1ccccc1. The van der Waals surface area contributed by atoms with Crippen molar-refractivity contribution < 1.29 is 0 Å². The maximum Gasteiger partial charge on any atom is 0.157 e. The van der Waals surface area contributed by atoms with Gasteiger partial charge in [-0.1, -0.05) is 55.8 Å². The Labute approximate surface area is 165 Å². The van der Waals surface area contributed by atoms with E-state index in [2.05, 4.69) is 53.0 Å². The number of benzene rings is 2. The summed E-state index contributed by atoms with van der Waals surface area (Å²) < 4.78 is 2.14. The van der Waals surface area contributed by atoms with Gasteiger partial charge in [-0.2, -0.15) is 5.26 Å². The van der Waals surface area contributed by atoms with Crippen LogP contribution in [0.2, 0.25) is 0 Å². The fourth-order valence-electron chi connectivity index (χ4n) is 3.90. The van der Waals surface area contributed by atoms with E-state index < -0.39 is 0 Å². The summed E-state index contributed by atoms with van der Waals surface area (Å²) >= 11 is 0. The van der Waals surface area contributed by atoms with Crippen LogP contribution in [-0.4, -0.2) is 15.9 Å². The molecule has 0 amide bonds. The van der Waals surface area contributed by atoms with Crippen LogP contribution in [-0.2, 0) is 12.8 Å². The molecule has 0 radical (unpaired) electrons. The van der Waals surface area contributed by atoms with Gasteiger partial charge < -0.3 is 5.32 Å². The van der Waals surface area contributed by atoms with Crippen molar-refractivity contribution in [2.45, 2.75) is 33.1 Å². The van der Waals surface area contributed by atoms with E-state index in [-0.39, 0.29) is 0 Å². The Balaban J connectivity index is 1.86. The number of aromatic nitrogens is 2. The molecule has 0 aliphatic carbocycles. The van der Waals surface area contributed by atoms with Crippen LogP contribution in [0.25, 0.3) is 16.7 Å². The molecule has 0 bridgehead atoms. The second-order valence-electron chi connectivity index (χ2n) is 7.11. The summed E-state index contributed by atoms with van der Waals surface area (Å²) in [7, 11) is 0. The van der Waals surface area contributed by atoms with Crippen molar-refractivity contribution in [2.24, 2.45) is 0 Å². The number of nitrogens with zero attached hydrogens (tertiary/aromatic N) is 3. The number of fused-ring (bicyclic) bond motifs is 3. The molecule has 0 unspecified atom stereocenters. The second-order valence-corrected chi connectivity index (χ2v) is 7.11. The zero-order chi connectivity index (χ0) is 19.5. The lowest BCUT2D eigenvalue weighted by Gasteiger charge is -2.18. The van der Waals surface area contributed by atoms with Crippen LogP contribution in [0.15, 0.2) is 54.6 Å². The van der Waals surface area contributed by atoms with E-state index in [4.69, 9.17) is 4.98 Å². The molecule has 0 fully saturated rings. The molecular formula is C24H24N4. The summed E-state index contributed by atoms with van der Waals surface area (Å²) in [5.74, 6) is 1.07. The van der Waals surface area contributed by atoms with Gasteiger partial charge in [-0.15, -0.1) is 0 Å². The van der Waals surface area contributed by atoms with Crippen LogP contribution in [0, 0.1) is 18.3 Å². The van der Waals surface area contributed by atoms with Crippen molar-refractivity contribution in [1.82, 2.24) is 9.38 Å². The highest BCUT2D eigenvalue weighted by atomic mass is 15.1. The van der Waals surface area contributed by atoms with Crippen LogP contribution in [0.4, 0.5) is 5.82 Å². The number of anilines is 1. The van der Waals surface area contributed by atoms with Gasteiger partial charge in [0.25, 0.3) is 0 Å². The van der Waals surface area contributed by atoms with Crippen molar-refractivity contribution in [3.63, 3.8) is 0 Å². The lowest BCUT2D eigenvalue weighted by molar-refractivity contribution is 0.892. The Kier molecular flexibility index (Phi) is 4.99. The third kappa shape index (κ3) is 3.10. The highest BCUT2D eigenvalue weighted by Gasteiger charge is 2.20. The van der Waals surface area contributed by atoms with Crippen LogP contribution >= 0.6 is 0 Å². The average Bonchev–Trinajstić information content (AvgIpc) is 3.10. The Morgan fingerprint density at radius 1 is 1.04 bits per heavy atom. The molecule has 4 heteroatoms. The number of rotatable bonds is 6. The van der Waals surface area contributed by atoms with Gasteiger partial charge >= 0.3 is 0 Å². The van der Waals surface area contributed by atoms with Gasteiger partial charge in [0.05, 0.1) is 16.6 Å². The lowest BCUT2D eigenvalue weighted by Crippen LogP contribution is -2.13. The molecule has 4 aromatic rings. The fourth-order valence-corrected chi connectivity index (χ4v) is 3.90. The summed E-state index contributed by atoms with van der Waals surface area (Å²) in [6.07, 6.45) is 2.90. The summed E-state index contributed by atoms with van der Waals surface area (Å²) in [6, 6.07) is 21.0. The minimum Gasteiger partial charge on any atom is -0.371 e. The molecule has 2 heterocycles. The zero-order valence-electron chi connectivity index (χ0n) is 16.4. The molecule has 2 aromatic heterocycles. The van der Waals surface area contributed by atoms with Gasteiger partial charge in [-0.25, -0.2) is 4.98 Å². The van der Waals surface area contributed by atoms with Crippen molar-refractivity contribution >= 4 is 22.5 Å².